The standard InChI is InChI=1S/C12H22N2S/c1-10(2)8-11-9-15-12(14-11)6-4-5-7-13-3/h9-10,13H,4-8H2,1-3H3. The van der Waals surface area contributed by atoms with Crippen molar-refractivity contribution in [3.63, 3.8) is 0 Å². The van der Waals surface area contributed by atoms with E-state index in [0.29, 0.717) is 5.92 Å². The number of hydrogen-bond acceptors (Lipinski definition) is 3. The summed E-state index contributed by atoms with van der Waals surface area (Å²) in [4.78, 5) is 4.65. The molecule has 0 radical (unpaired) electrons. The predicted octanol–water partition coefficient (Wildman–Crippen LogP) is 2.88. The van der Waals surface area contributed by atoms with Crippen LogP contribution < -0.4 is 5.32 Å². The molecular weight excluding hydrogens is 204 g/mol. The molecule has 0 aromatic carbocycles. The first-order valence-electron chi connectivity index (χ1n) is 5.80. The highest BCUT2D eigenvalue weighted by Crippen LogP contribution is 2.15. The molecule has 1 rings (SSSR count). The van der Waals surface area contributed by atoms with Gasteiger partial charge in [-0.25, -0.2) is 4.98 Å². The molecule has 1 N–H and O–H groups in total. The summed E-state index contributed by atoms with van der Waals surface area (Å²) < 4.78 is 0. The van der Waals surface area contributed by atoms with Crippen molar-refractivity contribution >= 4 is 11.3 Å². The van der Waals surface area contributed by atoms with Crippen LogP contribution in [0.4, 0.5) is 0 Å². The molecule has 1 aromatic rings. The van der Waals surface area contributed by atoms with E-state index in [4.69, 9.17) is 0 Å². The molecule has 0 saturated heterocycles. The Bertz CT molecular complexity index is 268. The van der Waals surface area contributed by atoms with Crippen molar-refractivity contribution in [2.75, 3.05) is 13.6 Å². The summed E-state index contributed by atoms with van der Waals surface area (Å²) in [5.74, 6) is 0.712. The van der Waals surface area contributed by atoms with E-state index in [1.165, 1.54) is 23.5 Å². The van der Waals surface area contributed by atoms with Crippen LogP contribution >= 0.6 is 11.3 Å². The monoisotopic (exact) mass is 226 g/mol. The summed E-state index contributed by atoms with van der Waals surface area (Å²) in [5, 5.41) is 6.69. The molecule has 1 aromatic heterocycles. The lowest BCUT2D eigenvalue weighted by atomic mass is 10.1. The van der Waals surface area contributed by atoms with Gasteiger partial charge in [-0.2, -0.15) is 0 Å². The van der Waals surface area contributed by atoms with E-state index in [9.17, 15) is 0 Å². The Morgan fingerprint density at radius 3 is 2.87 bits per heavy atom. The Kier molecular flexibility index (Phi) is 5.88. The third-order valence-corrected chi connectivity index (χ3v) is 3.24. The first kappa shape index (κ1) is 12.7. The number of aromatic nitrogens is 1. The number of rotatable bonds is 7. The van der Waals surface area contributed by atoms with Gasteiger partial charge in [-0.05, 0) is 45.2 Å². The highest BCUT2D eigenvalue weighted by molar-refractivity contribution is 7.09. The van der Waals surface area contributed by atoms with Crippen molar-refractivity contribution in [1.29, 1.82) is 0 Å². The SMILES string of the molecule is CNCCCCc1nc(CC(C)C)cs1. The highest BCUT2D eigenvalue weighted by Gasteiger charge is 2.03. The molecule has 0 aliphatic carbocycles. The largest absolute Gasteiger partial charge is 0.320 e. The van der Waals surface area contributed by atoms with Crippen molar-refractivity contribution in [2.24, 2.45) is 5.92 Å². The van der Waals surface area contributed by atoms with Gasteiger partial charge in [0.25, 0.3) is 0 Å². The molecule has 15 heavy (non-hydrogen) atoms. The Labute approximate surface area is 97.1 Å². The summed E-state index contributed by atoms with van der Waals surface area (Å²) in [6.07, 6.45) is 4.75. The summed E-state index contributed by atoms with van der Waals surface area (Å²) in [6, 6.07) is 0. The average molecular weight is 226 g/mol. The predicted molar refractivity (Wildman–Crippen MR) is 67.5 cm³/mol. The number of unbranched alkanes of at least 4 members (excludes halogenated alkanes) is 1. The average Bonchev–Trinajstić information content (AvgIpc) is 2.59. The first-order chi connectivity index (χ1) is 7.22. The van der Waals surface area contributed by atoms with Crippen LogP contribution in [0.15, 0.2) is 5.38 Å². The molecule has 0 atom stereocenters. The van der Waals surface area contributed by atoms with Gasteiger partial charge in [-0.1, -0.05) is 13.8 Å². The fourth-order valence-electron chi connectivity index (χ4n) is 1.55. The van der Waals surface area contributed by atoms with Crippen LogP contribution in [0.5, 0.6) is 0 Å². The summed E-state index contributed by atoms with van der Waals surface area (Å²) in [7, 11) is 2.00. The third kappa shape index (κ3) is 5.28. The zero-order valence-electron chi connectivity index (χ0n) is 10.0. The third-order valence-electron chi connectivity index (χ3n) is 2.28. The number of nitrogens with zero attached hydrogens (tertiary/aromatic N) is 1. The lowest BCUT2D eigenvalue weighted by Crippen LogP contribution is -2.07. The Morgan fingerprint density at radius 2 is 2.20 bits per heavy atom. The van der Waals surface area contributed by atoms with Crippen LogP contribution in [-0.4, -0.2) is 18.6 Å². The number of thiazole rings is 1. The molecule has 0 spiro atoms. The van der Waals surface area contributed by atoms with Gasteiger partial charge >= 0.3 is 0 Å². The number of hydrogen-bond donors (Lipinski definition) is 1. The van der Waals surface area contributed by atoms with Crippen LogP contribution in [0, 0.1) is 5.92 Å². The minimum absolute atomic E-state index is 0.712. The van der Waals surface area contributed by atoms with Crippen LogP contribution in [0.1, 0.15) is 37.4 Å². The van der Waals surface area contributed by atoms with Gasteiger partial charge in [0.1, 0.15) is 0 Å². The molecule has 3 heteroatoms. The van der Waals surface area contributed by atoms with Crippen LogP contribution in [0.2, 0.25) is 0 Å². The second-order valence-corrected chi connectivity index (χ2v) is 5.33. The molecule has 1 heterocycles. The minimum Gasteiger partial charge on any atom is -0.320 e. The van der Waals surface area contributed by atoms with Crippen molar-refractivity contribution in [1.82, 2.24) is 10.3 Å². The van der Waals surface area contributed by atoms with E-state index in [2.05, 4.69) is 29.5 Å². The summed E-state index contributed by atoms with van der Waals surface area (Å²) >= 11 is 1.82. The van der Waals surface area contributed by atoms with E-state index in [0.717, 1.165) is 19.4 Å². The van der Waals surface area contributed by atoms with Crippen molar-refractivity contribution < 1.29 is 0 Å². The van der Waals surface area contributed by atoms with Gasteiger partial charge in [-0.3, -0.25) is 0 Å². The second kappa shape index (κ2) is 6.96. The normalized spacial score (nSPS) is 11.2. The lowest BCUT2D eigenvalue weighted by Gasteiger charge is -1.99. The second-order valence-electron chi connectivity index (χ2n) is 4.39. The fourth-order valence-corrected chi connectivity index (χ4v) is 2.41. The smallest absolute Gasteiger partial charge is 0.0928 e. The van der Waals surface area contributed by atoms with Crippen LogP contribution in [0.25, 0.3) is 0 Å². The molecule has 0 amide bonds. The number of nitrogens with one attached hydrogen (secondary N) is 1. The Balaban J connectivity index is 2.26. The van der Waals surface area contributed by atoms with E-state index in [1.54, 1.807) is 0 Å². The first-order valence-corrected chi connectivity index (χ1v) is 6.68. The van der Waals surface area contributed by atoms with Crippen molar-refractivity contribution in [2.45, 2.75) is 39.5 Å². The van der Waals surface area contributed by atoms with E-state index in [1.807, 2.05) is 18.4 Å². The van der Waals surface area contributed by atoms with Crippen molar-refractivity contribution in [3.05, 3.63) is 16.1 Å². The Morgan fingerprint density at radius 1 is 1.40 bits per heavy atom. The van der Waals surface area contributed by atoms with Gasteiger partial charge in [-0.15, -0.1) is 11.3 Å². The fraction of sp³-hybridized carbons (Fsp3) is 0.750. The molecule has 0 fully saturated rings. The maximum Gasteiger partial charge on any atom is 0.0928 e. The zero-order chi connectivity index (χ0) is 11.1. The van der Waals surface area contributed by atoms with Gasteiger partial charge in [0.05, 0.1) is 10.7 Å². The highest BCUT2D eigenvalue weighted by atomic mass is 32.1. The maximum atomic E-state index is 4.65. The molecule has 0 aliphatic rings. The Hall–Kier alpha value is -0.410. The van der Waals surface area contributed by atoms with Crippen LogP contribution in [0.3, 0.4) is 0 Å². The zero-order valence-corrected chi connectivity index (χ0v) is 10.9. The van der Waals surface area contributed by atoms with Gasteiger partial charge in [0, 0.05) is 5.38 Å². The van der Waals surface area contributed by atoms with E-state index < -0.39 is 0 Å². The molecule has 0 aliphatic heterocycles. The van der Waals surface area contributed by atoms with Gasteiger partial charge in [0.15, 0.2) is 0 Å². The van der Waals surface area contributed by atoms with Crippen LogP contribution in [-0.2, 0) is 12.8 Å². The minimum atomic E-state index is 0.712. The maximum absolute atomic E-state index is 4.65. The molecule has 0 saturated carbocycles. The summed E-state index contributed by atoms with van der Waals surface area (Å²) in [6.45, 7) is 5.60. The molecular formula is C12H22N2S. The molecule has 0 bridgehead atoms. The van der Waals surface area contributed by atoms with Gasteiger partial charge < -0.3 is 5.32 Å². The van der Waals surface area contributed by atoms with E-state index in [-0.39, 0.29) is 0 Å². The van der Waals surface area contributed by atoms with Crippen molar-refractivity contribution in [3.8, 4) is 0 Å². The molecule has 2 nitrogen and oxygen atoms in total. The molecule has 0 unspecified atom stereocenters. The van der Waals surface area contributed by atoms with Gasteiger partial charge in [0.2, 0.25) is 0 Å². The summed E-state index contributed by atoms with van der Waals surface area (Å²) in [5.41, 5.74) is 1.28. The quantitative estimate of drug-likeness (QED) is 0.723. The lowest BCUT2D eigenvalue weighted by molar-refractivity contribution is 0.633. The molecule has 86 valence electrons. The number of aryl methyl sites for hydroxylation is 1. The van der Waals surface area contributed by atoms with E-state index >= 15 is 0 Å². The topological polar surface area (TPSA) is 24.9 Å².